The summed E-state index contributed by atoms with van der Waals surface area (Å²) in [6.07, 6.45) is 4.87. The summed E-state index contributed by atoms with van der Waals surface area (Å²) < 4.78 is 9.25. The fourth-order valence-electron chi connectivity index (χ4n) is 4.21. The fourth-order valence-corrected chi connectivity index (χ4v) is 4.61. The average molecular weight is 534 g/mol. The molecule has 1 amide bonds. The lowest BCUT2D eigenvalue weighted by Gasteiger charge is -2.12. The highest BCUT2D eigenvalue weighted by molar-refractivity contribution is 9.10. The third kappa shape index (κ3) is 6.95. The van der Waals surface area contributed by atoms with E-state index in [1.54, 1.807) is 0 Å². The van der Waals surface area contributed by atoms with Crippen molar-refractivity contribution in [1.82, 2.24) is 14.9 Å². The van der Waals surface area contributed by atoms with Gasteiger partial charge in [0, 0.05) is 29.5 Å². The van der Waals surface area contributed by atoms with Crippen LogP contribution in [-0.4, -0.2) is 28.6 Å². The average Bonchev–Trinajstić information content (AvgIpc) is 3.22. The Labute approximate surface area is 215 Å². The molecule has 0 saturated heterocycles. The van der Waals surface area contributed by atoms with E-state index in [-0.39, 0.29) is 5.91 Å². The summed E-state index contributed by atoms with van der Waals surface area (Å²) in [6, 6.07) is 23.9. The minimum atomic E-state index is -0.0268. The standard InChI is InChI=1S/C29H32BrN3O2/c1-22-11-4-7-16-27(22)35-20-10-19-33-26-15-6-5-14-25(26)32-28(33)17-3-2-8-18-31-29(34)23-12-9-13-24(30)21-23/h4-7,9,11-16,21H,2-3,8,10,17-20H2,1H3,(H,31,34). The zero-order valence-corrected chi connectivity index (χ0v) is 21.8. The molecule has 3 aromatic carbocycles. The Bertz CT molecular complexity index is 1270. The van der Waals surface area contributed by atoms with Gasteiger partial charge in [0.15, 0.2) is 0 Å². The van der Waals surface area contributed by atoms with Crippen LogP contribution in [0.4, 0.5) is 0 Å². The number of amides is 1. The van der Waals surface area contributed by atoms with E-state index < -0.39 is 0 Å². The second-order valence-corrected chi connectivity index (χ2v) is 9.63. The Morgan fingerprint density at radius 3 is 2.66 bits per heavy atom. The maximum absolute atomic E-state index is 12.3. The molecule has 0 atom stereocenters. The van der Waals surface area contributed by atoms with Crippen molar-refractivity contribution in [1.29, 1.82) is 0 Å². The molecule has 182 valence electrons. The predicted octanol–water partition coefficient (Wildman–Crippen LogP) is 6.72. The zero-order valence-electron chi connectivity index (χ0n) is 20.2. The number of hydrogen-bond donors (Lipinski definition) is 1. The zero-order chi connectivity index (χ0) is 24.5. The van der Waals surface area contributed by atoms with E-state index in [2.05, 4.69) is 57.0 Å². The molecule has 35 heavy (non-hydrogen) atoms. The molecular weight excluding hydrogens is 502 g/mol. The Morgan fingerprint density at radius 2 is 1.80 bits per heavy atom. The van der Waals surface area contributed by atoms with Crippen molar-refractivity contribution in [3.8, 4) is 5.75 Å². The van der Waals surface area contributed by atoms with E-state index >= 15 is 0 Å². The Kier molecular flexibility index (Phi) is 8.96. The van der Waals surface area contributed by atoms with Gasteiger partial charge in [-0.05, 0) is 68.1 Å². The third-order valence-corrected chi connectivity index (χ3v) is 6.55. The number of nitrogens with zero attached hydrogens (tertiary/aromatic N) is 2. The van der Waals surface area contributed by atoms with Crippen molar-refractivity contribution < 1.29 is 9.53 Å². The first-order valence-electron chi connectivity index (χ1n) is 12.3. The highest BCUT2D eigenvalue weighted by atomic mass is 79.9. The van der Waals surface area contributed by atoms with Crippen LogP contribution in [0.15, 0.2) is 77.3 Å². The lowest BCUT2D eigenvalue weighted by Crippen LogP contribution is -2.24. The van der Waals surface area contributed by atoms with Gasteiger partial charge in [-0.2, -0.15) is 0 Å². The monoisotopic (exact) mass is 533 g/mol. The summed E-state index contributed by atoms with van der Waals surface area (Å²) in [5.41, 5.74) is 4.07. The van der Waals surface area contributed by atoms with E-state index in [1.165, 1.54) is 5.52 Å². The number of fused-ring (bicyclic) bond motifs is 1. The predicted molar refractivity (Wildman–Crippen MR) is 145 cm³/mol. The third-order valence-electron chi connectivity index (χ3n) is 6.06. The number of carbonyl (C=O) groups is 1. The highest BCUT2D eigenvalue weighted by Crippen LogP contribution is 2.20. The number of halogens is 1. The first-order valence-corrected chi connectivity index (χ1v) is 13.1. The molecule has 1 aromatic heterocycles. The van der Waals surface area contributed by atoms with Gasteiger partial charge in [-0.15, -0.1) is 0 Å². The Morgan fingerprint density at radius 1 is 0.971 bits per heavy atom. The normalized spacial score (nSPS) is 11.0. The van der Waals surface area contributed by atoms with Crippen molar-refractivity contribution >= 4 is 32.9 Å². The summed E-state index contributed by atoms with van der Waals surface area (Å²) in [6.45, 7) is 4.31. The molecule has 0 bridgehead atoms. The minimum absolute atomic E-state index is 0.0268. The van der Waals surface area contributed by atoms with E-state index in [9.17, 15) is 4.79 Å². The molecule has 1 heterocycles. The van der Waals surface area contributed by atoms with Gasteiger partial charge in [0.1, 0.15) is 11.6 Å². The SMILES string of the molecule is Cc1ccccc1OCCCn1c(CCCCCNC(=O)c2cccc(Br)c2)nc2ccccc21. The van der Waals surface area contributed by atoms with Crippen LogP contribution in [0.1, 0.15) is 47.4 Å². The van der Waals surface area contributed by atoms with E-state index in [1.807, 2.05) is 48.5 Å². The van der Waals surface area contributed by atoms with E-state index in [0.29, 0.717) is 18.7 Å². The van der Waals surface area contributed by atoms with Crippen molar-refractivity contribution in [2.24, 2.45) is 0 Å². The van der Waals surface area contributed by atoms with Gasteiger partial charge < -0.3 is 14.6 Å². The summed E-state index contributed by atoms with van der Waals surface area (Å²) in [5, 5.41) is 3.01. The summed E-state index contributed by atoms with van der Waals surface area (Å²) in [5.74, 6) is 2.05. The molecule has 6 heteroatoms. The molecule has 4 aromatic rings. The number of ether oxygens (including phenoxy) is 1. The van der Waals surface area contributed by atoms with Crippen LogP contribution in [0, 0.1) is 6.92 Å². The Hall–Kier alpha value is -3.12. The van der Waals surface area contributed by atoms with Crippen LogP contribution in [0.3, 0.4) is 0 Å². The number of aromatic nitrogens is 2. The molecule has 0 fully saturated rings. The van der Waals surface area contributed by atoms with Gasteiger partial charge in [0.25, 0.3) is 5.91 Å². The van der Waals surface area contributed by atoms with Gasteiger partial charge in [-0.3, -0.25) is 4.79 Å². The van der Waals surface area contributed by atoms with Crippen LogP contribution < -0.4 is 10.1 Å². The van der Waals surface area contributed by atoms with Crippen molar-refractivity contribution in [3.63, 3.8) is 0 Å². The minimum Gasteiger partial charge on any atom is -0.493 e. The number of rotatable bonds is 12. The molecule has 1 N–H and O–H groups in total. The van der Waals surface area contributed by atoms with Crippen LogP contribution in [0.2, 0.25) is 0 Å². The second kappa shape index (κ2) is 12.5. The molecule has 0 aliphatic heterocycles. The number of benzene rings is 3. The molecule has 5 nitrogen and oxygen atoms in total. The van der Waals surface area contributed by atoms with E-state index in [0.717, 1.165) is 65.8 Å². The first-order chi connectivity index (χ1) is 17.1. The molecule has 0 aliphatic carbocycles. The molecule has 0 aliphatic rings. The molecule has 0 radical (unpaired) electrons. The van der Waals surface area contributed by atoms with Gasteiger partial charge in [0.2, 0.25) is 0 Å². The molecule has 0 spiro atoms. The number of hydrogen-bond acceptors (Lipinski definition) is 3. The van der Waals surface area contributed by atoms with Crippen LogP contribution in [-0.2, 0) is 13.0 Å². The Balaban J connectivity index is 1.25. The molecule has 0 saturated carbocycles. The molecule has 4 rings (SSSR count). The van der Waals surface area contributed by atoms with Gasteiger partial charge in [0.05, 0.1) is 17.6 Å². The van der Waals surface area contributed by atoms with Crippen LogP contribution in [0.5, 0.6) is 5.75 Å². The van der Waals surface area contributed by atoms with Gasteiger partial charge in [-0.1, -0.05) is 58.7 Å². The summed E-state index contributed by atoms with van der Waals surface area (Å²) in [7, 11) is 0. The number of nitrogens with one attached hydrogen (secondary N) is 1. The molecule has 0 unspecified atom stereocenters. The quantitative estimate of drug-likeness (QED) is 0.205. The van der Waals surface area contributed by atoms with E-state index in [4.69, 9.17) is 9.72 Å². The van der Waals surface area contributed by atoms with Crippen molar-refractivity contribution in [2.75, 3.05) is 13.2 Å². The summed E-state index contributed by atoms with van der Waals surface area (Å²) >= 11 is 3.41. The second-order valence-electron chi connectivity index (χ2n) is 8.71. The maximum Gasteiger partial charge on any atom is 0.251 e. The fraction of sp³-hybridized carbons (Fsp3) is 0.310. The number of unbranched alkanes of at least 4 members (excludes halogenated alkanes) is 2. The lowest BCUT2D eigenvalue weighted by molar-refractivity contribution is 0.0953. The molecular formula is C29H32BrN3O2. The largest absolute Gasteiger partial charge is 0.493 e. The number of carbonyl (C=O) groups excluding carboxylic acids is 1. The van der Waals surface area contributed by atoms with Gasteiger partial charge in [-0.25, -0.2) is 4.98 Å². The first kappa shape index (κ1) is 25.0. The van der Waals surface area contributed by atoms with Crippen LogP contribution in [0.25, 0.3) is 11.0 Å². The summed E-state index contributed by atoms with van der Waals surface area (Å²) in [4.78, 5) is 17.2. The maximum atomic E-state index is 12.3. The van der Waals surface area contributed by atoms with Crippen molar-refractivity contribution in [2.45, 2.75) is 45.6 Å². The van der Waals surface area contributed by atoms with Crippen molar-refractivity contribution in [3.05, 3.63) is 94.2 Å². The number of imidazole rings is 1. The highest BCUT2D eigenvalue weighted by Gasteiger charge is 2.11. The number of para-hydroxylation sites is 3. The smallest absolute Gasteiger partial charge is 0.251 e. The lowest BCUT2D eigenvalue weighted by atomic mass is 10.1. The topological polar surface area (TPSA) is 56.1 Å². The van der Waals surface area contributed by atoms with Gasteiger partial charge >= 0.3 is 0 Å². The van der Waals surface area contributed by atoms with Crippen LogP contribution >= 0.6 is 15.9 Å². The number of aryl methyl sites for hydroxylation is 3.